The van der Waals surface area contributed by atoms with Crippen molar-refractivity contribution in [1.29, 1.82) is 0 Å². The van der Waals surface area contributed by atoms with E-state index in [0.29, 0.717) is 22.3 Å². The molecule has 3 nitrogen and oxygen atoms in total. The first-order valence-corrected chi connectivity index (χ1v) is 6.87. The highest BCUT2D eigenvalue weighted by Crippen LogP contribution is 2.41. The lowest BCUT2D eigenvalue weighted by Crippen LogP contribution is -2.03. The van der Waals surface area contributed by atoms with E-state index >= 15 is 0 Å². The van der Waals surface area contributed by atoms with E-state index in [0.717, 1.165) is 11.1 Å². The average Bonchev–Trinajstić information content (AvgIpc) is 2.53. The van der Waals surface area contributed by atoms with Crippen LogP contribution in [-0.4, -0.2) is 21.3 Å². The fraction of sp³-hybridized carbons (Fsp3) is 0.235. The molecule has 0 fully saturated rings. The minimum absolute atomic E-state index is 0.141. The molecule has 2 rings (SSSR count). The first-order chi connectivity index (χ1) is 10.1. The van der Waals surface area contributed by atoms with Gasteiger partial charge in [0, 0.05) is 28.6 Å². The highest BCUT2D eigenvalue weighted by Gasteiger charge is 2.20. The summed E-state index contributed by atoms with van der Waals surface area (Å²) >= 11 is 5.93. The first kappa shape index (κ1) is 15.5. The third-order valence-corrected chi connectivity index (χ3v) is 3.63. The van der Waals surface area contributed by atoms with Crippen molar-refractivity contribution >= 4 is 11.6 Å². The SMILES string of the molecule is [CH2]C(c1ccc(Cl)cc1)c1c(OC)cc(OC)cc1OC. The predicted molar refractivity (Wildman–Crippen MR) is 84.8 cm³/mol. The van der Waals surface area contributed by atoms with Crippen LogP contribution >= 0.6 is 11.6 Å². The lowest BCUT2D eigenvalue weighted by atomic mass is 9.91. The second kappa shape index (κ2) is 6.72. The molecule has 0 amide bonds. The first-order valence-electron chi connectivity index (χ1n) is 6.49. The molecule has 0 saturated heterocycles. The van der Waals surface area contributed by atoms with E-state index in [1.54, 1.807) is 21.3 Å². The van der Waals surface area contributed by atoms with E-state index in [1.807, 2.05) is 36.4 Å². The lowest BCUT2D eigenvalue weighted by molar-refractivity contribution is 0.368. The summed E-state index contributed by atoms with van der Waals surface area (Å²) in [7, 11) is 4.84. The Morgan fingerprint density at radius 1 is 0.905 bits per heavy atom. The molecular weight excluding hydrogens is 288 g/mol. The minimum Gasteiger partial charge on any atom is -0.496 e. The van der Waals surface area contributed by atoms with Crippen molar-refractivity contribution in [1.82, 2.24) is 0 Å². The second-order valence-corrected chi connectivity index (χ2v) is 4.99. The summed E-state index contributed by atoms with van der Waals surface area (Å²) in [6.07, 6.45) is 0. The summed E-state index contributed by atoms with van der Waals surface area (Å²) in [6.45, 7) is 4.24. The molecule has 2 aromatic rings. The van der Waals surface area contributed by atoms with Crippen LogP contribution < -0.4 is 14.2 Å². The van der Waals surface area contributed by atoms with Crippen LogP contribution in [0.25, 0.3) is 0 Å². The van der Waals surface area contributed by atoms with E-state index in [4.69, 9.17) is 25.8 Å². The fourth-order valence-electron chi connectivity index (χ4n) is 2.24. The Morgan fingerprint density at radius 2 is 1.43 bits per heavy atom. The molecular formula is C17H18ClO3. The molecule has 21 heavy (non-hydrogen) atoms. The number of halogens is 1. The Balaban J connectivity index is 2.52. The van der Waals surface area contributed by atoms with E-state index in [9.17, 15) is 0 Å². The van der Waals surface area contributed by atoms with Crippen LogP contribution in [0.3, 0.4) is 0 Å². The van der Waals surface area contributed by atoms with Gasteiger partial charge in [0.05, 0.1) is 21.3 Å². The summed E-state index contributed by atoms with van der Waals surface area (Å²) in [5.41, 5.74) is 1.91. The third-order valence-electron chi connectivity index (χ3n) is 3.37. The van der Waals surface area contributed by atoms with E-state index in [2.05, 4.69) is 6.92 Å². The van der Waals surface area contributed by atoms with Gasteiger partial charge in [-0.2, -0.15) is 0 Å². The molecule has 0 heterocycles. The van der Waals surface area contributed by atoms with Crippen LogP contribution in [0.1, 0.15) is 17.0 Å². The number of benzene rings is 2. The van der Waals surface area contributed by atoms with Gasteiger partial charge in [0.15, 0.2) is 0 Å². The van der Waals surface area contributed by atoms with Crippen LogP contribution in [0, 0.1) is 6.92 Å². The summed E-state index contributed by atoms with van der Waals surface area (Å²) in [4.78, 5) is 0. The van der Waals surface area contributed by atoms with Gasteiger partial charge in [-0.15, -0.1) is 0 Å². The Morgan fingerprint density at radius 3 is 1.86 bits per heavy atom. The highest BCUT2D eigenvalue weighted by atomic mass is 35.5. The molecule has 1 radical (unpaired) electrons. The number of hydrogen-bond donors (Lipinski definition) is 0. The number of ether oxygens (including phenoxy) is 3. The van der Waals surface area contributed by atoms with Gasteiger partial charge in [-0.1, -0.05) is 23.7 Å². The van der Waals surface area contributed by atoms with Gasteiger partial charge in [0.25, 0.3) is 0 Å². The second-order valence-electron chi connectivity index (χ2n) is 4.55. The van der Waals surface area contributed by atoms with E-state index in [1.165, 1.54) is 0 Å². The number of rotatable bonds is 5. The molecule has 0 aromatic heterocycles. The molecule has 0 aliphatic carbocycles. The van der Waals surface area contributed by atoms with Gasteiger partial charge in [-0.25, -0.2) is 0 Å². The van der Waals surface area contributed by atoms with Crippen molar-refractivity contribution in [3.63, 3.8) is 0 Å². The smallest absolute Gasteiger partial charge is 0.130 e. The molecule has 0 aliphatic heterocycles. The fourth-order valence-corrected chi connectivity index (χ4v) is 2.36. The molecule has 0 saturated carbocycles. The molecule has 111 valence electrons. The molecule has 0 spiro atoms. The maximum absolute atomic E-state index is 5.93. The van der Waals surface area contributed by atoms with Crippen LogP contribution in [-0.2, 0) is 0 Å². The summed E-state index contributed by atoms with van der Waals surface area (Å²) in [5.74, 6) is 1.90. The standard InChI is InChI=1S/C17H18ClO3/c1-11(12-5-7-13(18)8-6-12)17-15(20-3)9-14(19-2)10-16(17)21-4/h5-11H,1H2,2-4H3. The maximum Gasteiger partial charge on any atom is 0.130 e. The van der Waals surface area contributed by atoms with Crippen molar-refractivity contribution in [3.8, 4) is 17.2 Å². The zero-order valence-corrected chi connectivity index (χ0v) is 13.1. The van der Waals surface area contributed by atoms with Crippen LogP contribution in [0.4, 0.5) is 0 Å². The zero-order chi connectivity index (χ0) is 15.4. The summed E-state index contributed by atoms with van der Waals surface area (Å²) in [5, 5.41) is 0.694. The quantitative estimate of drug-likeness (QED) is 0.823. The van der Waals surface area contributed by atoms with Crippen molar-refractivity contribution in [3.05, 3.63) is 59.5 Å². The number of hydrogen-bond acceptors (Lipinski definition) is 3. The number of methoxy groups -OCH3 is 3. The van der Waals surface area contributed by atoms with E-state index < -0.39 is 0 Å². The van der Waals surface area contributed by atoms with Crippen molar-refractivity contribution < 1.29 is 14.2 Å². The van der Waals surface area contributed by atoms with Gasteiger partial charge in [0.2, 0.25) is 0 Å². The molecule has 0 bridgehead atoms. The molecule has 1 unspecified atom stereocenters. The van der Waals surface area contributed by atoms with Crippen LogP contribution in [0.2, 0.25) is 5.02 Å². The van der Waals surface area contributed by atoms with Gasteiger partial charge in [-0.3, -0.25) is 0 Å². The van der Waals surface area contributed by atoms with Crippen molar-refractivity contribution in [2.24, 2.45) is 0 Å². The molecule has 2 aromatic carbocycles. The Bertz CT molecular complexity index is 583. The van der Waals surface area contributed by atoms with Gasteiger partial charge < -0.3 is 14.2 Å². The lowest BCUT2D eigenvalue weighted by Gasteiger charge is -2.20. The third kappa shape index (κ3) is 3.24. The van der Waals surface area contributed by atoms with Crippen LogP contribution in [0.5, 0.6) is 17.2 Å². The monoisotopic (exact) mass is 305 g/mol. The van der Waals surface area contributed by atoms with Gasteiger partial charge in [0.1, 0.15) is 17.2 Å². The van der Waals surface area contributed by atoms with Crippen LogP contribution in [0.15, 0.2) is 36.4 Å². The van der Waals surface area contributed by atoms with Gasteiger partial charge in [-0.05, 0) is 24.6 Å². The Labute approximate surface area is 130 Å². The van der Waals surface area contributed by atoms with Gasteiger partial charge >= 0.3 is 0 Å². The Kier molecular flexibility index (Phi) is 4.97. The highest BCUT2D eigenvalue weighted by molar-refractivity contribution is 6.30. The largest absolute Gasteiger partial charge is 0.496 e. The molecule has 0 aliphatic rings. The maximum atomic E-state index is 5.93. The van der Waals surface area contributed by atoms with Crippen molar-refractivity contribution in [2.45, 2.75) is 5.92 Å². The zero-order valence-electron chi connectivity index (χ0n) is 12.4. The van der Waals surface area contributed by atoms with E-state index in [-0.39, 0.29) is 5.92 Å². The van der Waals surface area contributed by atoms with Crippen molar-refractivity contribution in [2.75, 3.05) is 21.3 Å². The molecule has 4 heteroatoms. The predicted octanol–water partition coefficient (Wildman–Crippen LogP) is 4.33. The average molecular weight is 306 g/mol. The summed E-state index contributed by atoms with van der Waals surface area (Å²) in [6, 6.07) is 11.2. The topological polar surface area (TPSA) is 27.7 Å². The molecule has 0 N–H and O–H groups in total. The molecule has 1 atom stereocenters. The minimum atomic E-state index is -0.141. The normalized spacial score (nSPS) is 11.9. The Hall–Kier alpha value is -1.87. The summed E-state index contributed by atoms with van der Waals surface area (Å²) < 4.78 is 16.2.